The molecule has 0 saturated carbocycles. The van der Waals surface area contributed by atoms with Gasteiger partial charge in [0.05, 0.1) is 19.2 Å². The van der Waals surface area contributed by atoms with E-state index in [1.807, 2.05) is 6.92 Å². The highest BCUT2D eigenvalue weighted by atomic mass is 32.2. The molecule has 0 atom stereocenters. The smallest absolute Gasteiger partial charge is 0.358 e. The Balaban J connectivity index is 3.13. The average Bonchev–Trinajstić information content (AvgIpc) is 2.92. The largest absolute Gasteiger partial charge is 0.464 e. The van der Waals surface area contributed by atoms with E-state index >= 15 is 0 Å². The summed E-state index contributed by atoms with van der Waals surface area (Å²) >= 11 is 0.865. The van der Waals surface area contributed by atoms with Crippen molar-refractivity contribution < 1.29 is 23.1 Å². The molecule has 0 aliphatic carbocycles. The van der Waals surface area contributed by atoms with Crippen LogP contribution in [0.5, 0.6) is 0 Å². The van der Waals surface area contributed by atoms with Crippen LogP contribution in [0.15, 0.2) is 9.72 Å². The Kier molecular flexibility index (Phi) is 6.53. The highest BCUT2D eigenvalue weighted by molar-refractivity contribution is 7.91. The zero-order valence-corrected chi connectivity index (χ0v) is 13.0. The second kappa shape index (κ2) is 7.67. The molecule has 20 heavy (non-hydrogen) atoms. The zero-order chi connectivity index (χ0) is 15.2. The van der Waals surface area contributed by atoms with Crippen LogP contribution in [0, 0.1) is 0 Å². The standard InChI is InChI=1S/C11H18N2O5S2/c1-3-4-5-13(6-7-14)20(16,17)11-9(10(15)18-2)12-8-19-11/h8,14H,3-7H2,1-2H3. The summed E-state index contributed by atoms with van der Waals surface area (Å²) in [6.07, 6.45) is 1.50. The third-order valence-corrected chi connectivity index (χ3v) is 5.84. The Morgan fingerprint density at radius 2 is 2.20 bits per heavy atom. The van der Waals surface area contributed by atoms with Gasteiger partial charge in [-0.05, 0) is 6.42 Å². The molecule has 1 heterocycles. The maximum atomic E-state index is 12.5. The quantitative estimate of drug-likeness (QED) is 0.708. The maximum Gasteiger partial charge on any atom is 0.358 e. The summed E-state index contributed by atoms with van der Waals surface area (Å²) in [5.74, 6) is -0.788. The number of carbonyl (C=O) groups excluding carboxylic acids is 1. The first-order valence-electron chi connectivity index (χ1n) is 6.11. The van der Waals surface area contributed by atoms with Gasteiger partial charge >= 0.3 is 5.97 Å². The number of nitrogens with zero attached hydrogens (tertiary/aromatic N) is 2. The van der Waals surface area contributed by atoms with Gasteiger partial charge < -0.3 is 9.84 Å². The highest BCUT2D eigenvalue weighted by Crippen LogP contribution is 2.24. The number of carbonyl (C=O) groups is 1. The molecule has 0 saturated heterocycles. The normalized spacial score (nSPS) is 11.8. The topological polar surface area (TPSA) is 96.8 Å². The van der Waals surface area contributed by atoms with Crippen LogP contribution in [0.2, 0.25) is 0 Å². The Labute approximate surface area is 122 Å². The first-order valence-corrected chi connectivity index (χ1v) is 8.43. The molecule has 1 aromatic heterocycles. The second-order valence-corrected chi connectivity index (χ2v) is 6.95. The van der Waals surface area contributed by atoms with E-state index in [4.69, 9.17) is 5.11 Å². The number of ether oxygens (including phenoxy) is 1. The van der Waals surface area contributed by atoms with E-state index in [0.717, 1.165) is 22.1 Å². The monoisotopic (exact) mass is 322 g/mol. The molecule has 0 aliphatic heterocycles. The highest BCUT2D eigenvalue weighted by Gasteiger charge is 2.31. The number of unbranched alkanes of at least 4 members (excludes halogenated alkanes) is 1. The van der Waals surface area contributed by atoms with E-state index in [9.17, 15) is 13.2 Å². The number of esters is 1. The molecule has 0 aliphatic rings. The van der Waals surface area contributed by atoms with E-state index in [1.165, 1.54) is 12.6 Å². The van der Waals surface area contributed by atoms with Gasteiger partial charge in [0.1, 0.15) is 0 Å². The molecule has 0 unspecified atom stereocenters. The number of aliphatic hydroxyl groups is 1. The number of rotatable bonds is 8. The molecule has 7 nitrogen and oxygen atoms in total. The molecule has 114 valence electrons. The molecule has 0 aromatic carbocycles. The van der Waals surface area contributed by atoms with Crippen molar-refractivity contribution in [3.05, 3.63) is 11.2 Å². The third-order valence-electron chi connectivity index (χ3n) is 2.60. The van der Waals surface area contributed by atoms with Crippen LogP contribution >= 0.6 is 11.3 Å². The van der Waals surface area contributed by atoms with E-state index in [1.54, 1.807) is 0 Å². The Hall–Kier alpha value is -1.03. The lowest BCUT2D eigenvalue weighted by Crippen LogP contribution is -2.34. The summed E-state index contributed by atoms with van der Waals surface area (Å²) < 4.78 is 30.6. The van der Waals surface area contributed by atoms with Crippen molar-refractivity contribution >= 4 is 27.3 Å². The number of aromatic nitrogens is 1. The third kappa shape index (κ3) is 3.75. The molecular weight excluding hydrogens is 304 g/mol. The van der Waals surface area contributed by atoms with Crippen molar-refractivity contribution in [3.63, 3.8) is 0 Å². The Bertz CT molecular complexity index is 541. The molecule has 0 bridgehead atoms. The summed E-state index contributed by atoms with van der Waals surface area (Å²) in [6, 6.07) is 0. The van der Waals surface area contributed by atoms with Gasteiger partial charge in [-0.1, -0.05) is 13.3 Å². The number of sulfonamides is 1. The minimum absolute atomic E-state index is 0.0130. The van der Waals surface area contributed by atoms with Crippen LogP contribution in [-0.2, 0) is 14.8 Å². The number of thiazole rings is 1. The number of aliphatic hydroxyl groups excluding tert-OH is 1. The molecule has 0 spiro atoms. The molecular formula is C11H18N2O5S2. The summed E-state index contributed by atoms with van der Waals surface area (Å²) in [5.41, 5.74) is 1.08. The van der Waals surface area contributed by atoms with Crippen molar-refractivity contribution in [1.82, 2.24) is 9.29 Å². The summed E-state index contributed by atoms with van der Waals surface area (Å²) in [5, 5.41) is 9.01. The van der Waals surface area contributed by atoms with Gasteiger partial charge in [-0.15, -0.1) is 11.3 Å². The SMILES string of the molecule is CCCCN(CCO)S(=O)(=O)c1scnc1C(=O)OC. The van der Waals surface area contributed by atoms with Crippen molar-refractivity contribution in [2.75, 3.05) is 26.8 Å². The fourth-order valence-electron chi connectivity index (χ4n) is 1.57. The van der Waals surface area contributed by atoms with Crippen molar-refractivity contribution in [2.24, 2.45) is 0 Å². The Morgan fingerprint density at radius 1 is 1.50 bits per heavy atom. The molecule has 0 fully saturated rings. The minimum atomic E-state index is -3.85. The molecule has 0 amide bonds. The van der Waals surface area contributed by atoms with Gasteiger partial charge in [-0.3, -0.25) is 0 Å². The van der Waals surface area contributed by atoms with E-state index in [2.05, 4.69) is 9.72 Å². The van der Waals surface area contributed by atoms with Crippen LogP contribution < -0.4 is 0 Å². The number of methoxy groups -OCH3 is 1. The van der Waals surface area contributed by atoms with Crippen LogP contribution in [0.1, 0.15) is 30.3 Å². The summed E-state index contributed by atoms with van der Waals surface area (Å²) in [7, 11) is -2.68. The van der Waals surface area contributed by atoms with Crippen molar-refractivity contribution in [3.8, 4) is 0 Å². The van der Waals surface area contributed by atoms with Gasteiger partial charge in [0.15, 0.2) is 9.90 Å². The average molecular weight is 322 g/mol. The Morgan fingerprint density at radius 3 is 2.75 bits per heavy atom. The fraction of sp³-hybridized carbons (Fsp3) is 0.636. The lowest BCUT2D eigenvalue weighted by molar-refractivity contribution is 0.0590. The summed E-state index contributed by atoms with van der Waals surface area (Å²) in [6.45, 7) is 1.93. The number of hydrogen-bond donors (Lipinski definition) is 1. The van der Waals surface area contributed by atoms with Gasteiger partial charge in [-0.25, -0.2) is 18.2 Å². The first-order chi connectivity index (χ1) is 9.48. The maximum absolute atomic E-state index is 12.5. The van der Waals surface area contributed by atoms with Crippen LogP contribution in [0.4, 0.5) is 0 Å². The van der Waals surface area contributed by atoms with E-state index in [-0.39, 0.29) is 29.6 Å². The predicted octanol–water partition coefficient (Wildman–Crippen LogP) is 0.713. The lowest BCUT2D eigenvalue weighted by atomic mass is 10.3. The van der Waals surface area contributed by atoms with Crippen LogP contribution in [0.25, 0.3) is 0 Å². The van der Waals surface area contributed by atoms with Gasteiger partial charge in [0.25, 0.3) is 10.0 Å². The van der Waals surface area contributed by atoms with E-state index in [0.29, 0.717) is 6.42 Å². The predicted molar refractivity (Wildman–Crippen MR) is 74.2 cm³/mol. The molecule has 9 heteroatoms. The minimum Gasteiger partial charge on any atom is -0.464 e. The first kappa shape index (κ1) is 17.0. The van der Waals surface area contributed by atoms with E-state index < -0.39 is 16.0 Å². The van der Waals surface area contributed by atoms with Gasteiger partial charge in [0, 0.05) is 13.1 Å². The van der Waals surface area contributed by atoms with Crippen molar-refractivity contribution in [2.45, 2.75) is 24.0 Å². The molecule has 0 radical (unpaired) electrons. The second-order valence-electron chi connectivity index (χ2n) is 3.96. The van der Waals surface area contributed by atoms with Gasteiger partial charge in [-0.2, -0.15) is 4.31 Å². The van der Waals surface area contributed by atoms with Gasteiger partial charge in [0.2, 0.25) is 0 Å². The molecule has 1 rings (SSSR count). The molecule has 1 aromatic rings. The fourth-order valence-corrected chi connectivity index (χ4v) is 4.31. The van der Waals surface area contributed by atoms with Crippen LogP contribution in [-0.4, -0.2) is 55.6 Å². The van der Waals surface area contributed by atoms with Crippen molar-refractivity contribution in [1.29, 1.82) is 0 Å². The zero-order valence-electron chi connectivity index (χ0n) is 11.4. The number of hydrogen-bond acceptors (Lipinski definition) is 7. The van der Waals surface area contributed by atoms with Crippen LogP contribution in [0.3, 0.4) is 0 Å². The lowest BCUT2D eigenvalue weighted by Gasteiger charge is -2.20. The molecule has 1 N–H and O–H groups in total. The summed E-state index contributed by atoms with van der Waals surface area (Å²) in [4.78, 5) is 15.3.